The van der Waals surface area contributed by atoms with Crippen LogP contribution >= 0.6 is 0 Å². The summed E-state index contributed by atoms with van der Waals surface area (Å²) in [6.45, 7) is 7.82. The highest BCUT2D eigenvalue weighted by Crippen LogP contribution is 2.05. The zero-order valence-corrected chi connectivity index (χ0v) is 12.7. The Morgan fingerprint density at radius 1 is 1.26 bits per heavy atom. The standard InChI is InChI=1S/C15H29NO3/c1-5-7-14(8-6-2)9-10-18-11-12-19-13-15(3,17)16-4/h5,7-8,16-17H,6,9-13H2,1-4H3/b7-5-,14-8+. The Hall–Kier alpha value is -0.680. The molecule has 0 amide bonds. The Morgan fingerprint density at radius 3 is 2.53 bits per heavy atom. The average molecular weight is 271 g/mol. The largest absolute Gasteiger partial charge is 0.379 e. The smallest absolute Gasteiger partial charge is 0.136 e. The molecule has 0 aliphatic carbocycles. The number of nitrogens with one attached hydrogen (secondary N) is 1. The van der Waals surface area contributed by atoms with Gasteiger partial charge in [-0.2, -0.15) is 0 Å². The van der Waals surface area contributed by atoms with E-state index in [9.17, 15) is 5.11 Å². The molecule has 0 saturated carbocycles. The highest BCUT2D eigenvalue weighted by Gasteiger charge is 2.16. The summed E-state index contributed by atoms with van der Waals surface area (Å²) in [7, 11) is 1.70. The summed E-state index contributed by atoms with van der Waals surface area (Å²) in [5.74, 6) is 0. The van der Waals surface area contributed by atoms with E-state index in [0.717, 1.165) is 12.8 Å². The van der Waals surface area contributed by atoms with E-state index in [0.29, 0.717) is 19.8 Å². The molecule has 0 aliphatic rings. The molecule has 1 unspecified atom stereocenters. The molecule has 0 aromatic carbocycles. The molecule has 0 bridgehead atoms. The van der Waals surface area contributed by atoms with E-state index in [1.54, 1.807) is 14.0 Å². The van der Waals surface area contributed by atoms with Crippen LogP contribution in [0.1, 0.15) is 33.6 Å². The molecule has 0 spiro atoms. The SMILES string of the molecule is C/C=C\C(=C/CC)CCOCCOCC(C)(O)NC. The molecule has 0 fully saturated rings. The van der Waals surface area contributed by atoms with Crippen molar-refractivity contribution in [1.82, 2.24) is 5.32 Å². The predicted octanol–water partition coefficient (Wildman–Crippen LogP) is 2.25. The number of hydrogen-bond donors (Lipinski definition) is 2. The Balaban J connectivity index is 3.57. The van der Waals surface area contributed by atoms with Gasteiger partial charge < -0.3 is 14.6 Å². The molecule has 0 aliphatic heterocycles. The fourth-order valence-corrected chi connectivity index (χ4v) is 1.48. The molecule has 0 saturated heterocycles. The number of allylic oxidation sites excluding steroid dienone is 3. The normalized spacial score (nSPS) is 15.9. The van der Waals surface area contributed by atoms with Crippen LogP contribution in [-0.2, 0) is 9.47 Å². The summed E-state index contributed by atoms with van der Waals surface area (Å²) in [5.41, 5.74) is 0.340. The molecule has 0 aromatic heterocycles. The number of rotatable bonds is 11. The van der Waals surface area contributed by atoms with Crippen LogP contribution in [0.2, 0.25) is 0 Å². The predicted molar refractivity (Wildman–Crippen MR) is 79.1 cm³/mol. The maximum Gasteiger partial charge on any atom is 0.136 e. The molecule has 1 atom stereocenters. The number of aliphatic hydroxyl groups is 1. The lowest BCUT2D eigenvalue weighted by Crippen LogP contribution is -2.44. The van der Waals surface area contributed by atoms with Crippen molar-refractivity contribution in [2.45, 2.75) is 39.3 Å². The quantitative estimate of drug-likeness (QED) is 0.344. The fourth-order valence-electron chi connectivity index (χ4n) is 1.48. The summed E-state index contributed by atoms with van der Waals surface area (Å²) in [4.78, 5) is 0. The molecule has 0 rings (SSSR count). The van der Waals surface area contributed by atoms with Gasteiger partial charge in [0.1, 0.15) is 5.72 Å². The first kappa shape index (κ1) is 18.3. The van der Waals surface area contributed by atoms with E-state index < -0.39 is 5.72 Å². The summed E-state index contributed by atoms with van der Waals surface area (Å²) in [6.07, 6.45) is 8.34. The molecule has 0 heterocycles. The van der Waals surface area contributed by atoms with Crippen LogP contribution in [0.4, 0.5) is 0 Å². The van der Waals surface area contributed by atoms with Gasteiger partial charge in [0.05, 0.1) is 26.4 Å². The lowest BCUT2D eigenvalue weighted by atomic mass is 10.1. The van der Waals surface area contributed by atoms with Crippen LogP contribution < -0.4 is 5.32 Å². The second kappa shape index (κ2) is 11.2. The van der Waals surface area contributed by atoms with Crippen molar-refractivity contribution in [1.29, 1.82) is 0 Å². The molecule has 112 valence electrons. The zero-order chi connectivity index (χ0) is 14.6. The minimum Gasteiger partial charge on any atom is -0.379 e. The molecule has 2 N–H and O–H groups in total. The van der Waals surface area contributed by atoms with E-state index in [1.807, 2.05) is 13.0 Å². The number of likely N-dealkylation sites (N-methyl/N-ethyl adjacent to an activating group) is 1. The van der Waals surface area contributed by atoms with Gasteiger partial charge in [0.25, 0.3) is 0 Å². The Morgan fingerprint density at radius 2 is 1.95 bits per heavy atom. The minimum atomic E-state index is -0.969. The molecule has 0 aromatic rings. The van der Waals surface area contributed by atoms with Gasteiger partial charge in [-0.1, -0.05) is 30.7 Å². The summed E-state index contributed by atoms with van der Waals surface area (Å²) < 4.78 is 10.8. The third-order valence-electron chi connectivity index (χ3n) is 2.68. The monoisotopic (exact) mass is 271 g/mol. The molecule has 4 heteroatoms. The third kappa shape index (κ3) is 10.9. The number of hydrogen-bond acceptors (Lipinski definition) is 4. The second-order valence-corrected chi connectivity index (χ2v) is 4.63. The Kier molecular flexibility index (Phi) is 10.8. The van der Waals surface area contributed by atoms with Crippen molar-refractivity contribution in [2.75, 3.05) is 33.5 Å². The van der Waals surface area contributed by atoms with Gasteiger partial charge in [-0.15, -0.1) is 0 Å². The Labute approximate surface area is 117 Å². The molecular weight excluding hydrogens is 242 g/mol. The maximum absolute atomic E-state index is 9.62. The highest BCUT2D eigenvalue weighted by molar-refractivity contribution is 5.17. The van der Waals surface area contributed by atoms with Gasteiger partial charge in [0.2, 0.25) is 0 Å². The van der Waals surface area contributed by atoms with Crippen LogP contribution in [0.25, 0.3) is 0 Å². The molecule has 19 heavy (non-hydrogen) atoms. The van der Waals surface area contributed by atoms with E-state index in [2.05, 4.69) is 24.4 Å². The first-order valence-electron chi connectivity index (χ1n) is 6.94. The molecule has 4 nitrogen and oxygen atoms in total. The molecule has 0 radical (unpaired) electrons. The van der Waals surface area contributed by atoms with Crippen LogP contribution in [0.3, 0.4) is 0 Å². The van der Waals surface area contributed by atoms with Gasteiger partial charge in [-0.25, -0.2) is 0 Å². The van der Waals surface area contributed by atoms with Gasteiger partial charge in [0, 0.05) is 0 Å². The summed E-state index contributed by atoms with van der Waals surface area (Å²) >= 11 is 0. The van der Waals surface area contributed by atoms with E-state index in [1.165, 1.54) is 5.57 Å². The van der Waals surface area contributed by atoms with Crippen LogP contribution in [0, 0.1) is 0 Å². The van der Waals surface area contributed by atoms with Crippen molar-refractivity contribution in [3.05, 3.63) is 23.8 Å². The Bertz CT molecular complexity index is 273. The van der Waals surface area contributed by atoms with Crippen molar-refractivity contribution in [3.8, 4) is 0 Å². The summed E-state index contributed by atoms with van der Waals surface area (Å²) in [6, 6.07) is 0. The highest BCUT2D eigenvalue weighted by atomic mass is 16.5. The first-order chi connectivity index (χ1) is 9.05. The van der Waals surface area contributed by atoms with Crippen molar-refractivity contribution >= 4 is 0 Å². The zero-order valence-electron chi connectivity index (χ0n) is 12.7. The minimum absolute atomic E-state index is 0.256. The average Bonchev–Trinajstić information content (AvgIpc) is 2.38. The van der Waals surface area contributed by atoms with Crippen molar-refractivity contribution in [2.24, 2.45) is 0 Å². The van der Waals surface area contributed by atoms with Gasteiger partial charge in [-0.05, 0) is 33.7 Å². The van der Waals surface area contributed by atoms with Gasteiger partial charge in [0.15, 0.2) is 0 Å². The van der Waals surface area contributed by atoms with E-state index >= 15 is 0 Å². The summed E-state index contributed by atoms with van der Waals surface area (Å²) in [5, 5.41) is 12.4. The second-order valence-electron chi connectivity index (χ2n) is 4.63. The number of ether oxygens (including phenoxy) is 2. The first-order valence-corrected chi connectivity index (χ1v) is 6.94. The van der Waals surface area contributed by atoms with Crippen LogP contribution in [0.5, 0.6) is 0 Å². The van der Waals surface area contributed by atoms with Crippen molar-refractivity contribution in [3.63, 3.8) is 0 Å². The molecular formula is C15H29NO3. The van der Waals surface area contributed by atoms with E-state index in [4.69, 9.17) is 9.47 Å². The van der Waals surface area contributed by atoms with Gasteiger partial charge in [-0.3, -0.25) is 5.32 Å². The topological polar surface area (TPSA) is 50.7 Å². The fraction of sp³-hybridized carbons (Fsp3) is 0.733. The van der Waals surface area contributed by atoms with Gasteiger partial charge >= 0.3 is 0 Å². The van der Waals surface area contributed by atoms with Crippen molar-refractivity contribution < 1.29 is 14.6 Å². The van der Waals surface area contributed by atoms with E-state index in [-0.39, 0.29) is 6.61 Å². The van der Waals surface area contributed by atoms with Crippen LogP contribution in [-0.4, -0.2) is 44.3 Å². The lowest BCUT2D eigenvalue weighted by molar-refractivity contribution is -0.0624. The lowest BCUT2D eigenvalue weighted by Gasteiger charge is -2.21. The third-order valence-corrected chi connectivity index (χ3v) is 2.68. The van der Waals surface area contributed by atoms with Crippen LogP contribution in [0.15, 0.2) is 23.8 Å². The maximum atomic E-state index is 9.62.